The minimum atomic E-state index is -0.206. The molecule has 0 atom stereocenters. The van der Waals surface area contributed by atoms with Crippen molar-refractivity contribution in [3.05, 3.63) is 63.9 Å². The Morgan fingerprint density at radius 2 is 2.00 bits per heavy atom. The Bertz CT molecular complexity index is 601. The van der Waals surface area contributed by atoms with E-state index in [-0.39, 0.29) is 11.6 Å². The van der Waals surface area contributed by atoms with Crippen LogP contribution in [-0.4, -0.2) is 11.7 Å². The van der Waals surface area contributed by atoms with Crippen molar-refractivity contribution in [2.45, 2.75) is 19.9 Å². The van der Waals surface area contributed by atoms with Gasteiger partial charge in [0.1, 0.15) is 11.6 Å². The van der Waals surface area contributed by atoms with Gasteiger partial charge in [0.15, 0.2) is 0 Å². The van der Waals surface area contributed by atoms with Gasteiger partial charge in [0.25, 0.3) is 0 Å². The SMILES string of the molecule is Cc1cc(F)ccc1CCNCc1cccc(Cl)c1O. The van der Waals surface area contributed by atoms with Gasteiger partial charge in [-0.2, -0.15) is 0 Å². The number of phenolic OH excluding ortho intramolecular Hbond substituents is 1. The number of benzene rings is 2. The Kier molecular flexibility index (Phi) is 4.99. The van der Waals surface area contributed by atoms with E-state index in [1.165, 1.54) is 12.1 Å². The fourth-order valence-corrected chi connectivity index (χ4v) is 2.28. The topological polar surface area (TPSA) is 32.3 Å². The number of phenols is 1. The number of nitrogens with one attached hydrogen (secondary N) is 1. The number of halogens is 2. The van der Waals surface area contributed by atoms with Gasteiger partial charge in [0.05, 0.1) is 5.02 Å². The molecule has 0 unspecified atom stereocenters. The van der Waals surface area contributed by atoms with Crippen molar-refractivity contribution in [2.75, 3.05) is 6.54 Å². The van der Waals surface area contributed by atoms with Gasteiger partial charge in [0, 0.05) is 12.1 Å². The van der Waals surface area contributed by atoms with E-state index in [1.807, 2.05) is 25.1 Å². The van der Waals surface area contributed by atoms with E-state index in [9.17, 15) is 9.50 Å². The summed E-state index contributed by atoms with van der Waals surface area (Å²) in [6.07, 6.45) is 0.813. The molecule has 0 aliphatic carbocycles. The van der Waals surface area contributed by atoms with Crippen molar-refractivity contribution >= 4 is 11.6 Å². The summed E-state index contributed by atoms with van der Waals surface area (Å²) in [6, 6.07) is 10.1. The van der Waals surface area contributed by atoms with Crippen molar-refractivity contribution in [1.29, 1.82) is 0 Å². The van der Waals surface area contributed by atoms with Crippen LogP contribution in [0.2, 0.25) is 5.02 Å². The molecule has 106 valence electrons. The molecule has 0 spiro atoms. The number of aromatic hydroxyl groups is 1. The van der Waals surface area contributed by atoms with Crippen LogP contribution >= 0.6 is 11.6 Å². The summed E-state index contributed by atoms with van der Waals surface area (Å²) in [6.45, 7) is 3.20. The summed E-state index contributed by atoms with van der Waals surface area (Å²) in [7, 11) is 0. The molecule has 0 radical (unpaired) electrons. The lowest BCUT2D eigenvalue weighted by atomic mass is 10.1. The third kappa shape index (κ3) is 3.71. The predicted octanol–water partition coefficient (Wildman–Crippen LogP) is 3.83. The first kappa shape index (κ1) is 14.8. The zero-order valence-electron chi connectivity index (χ0n) is 11.3. The number of aryl methyl sites for hydroxylation is 1. The number of hydrogen-bond donors (Lipinski definition) is 2. The Labute approximate surface area is 123 Å². The standard InChI is InChI=1S/C16H17ClFNO/c1-11-9-14(18)6-5-12(11)7-8-19-10-13-3-2-4-15(17)16(13)20/h2-6,9,19-20H,7-8,10H2,1H3. The maximum Gasteiger partial charge on any atom is 0.138 e. The van der Waals surface area contributed by atoms with Gasteiger partial charge in [-0.1, -0.05) is 29.8 Å². The van der Waals surface area contributed by atoms with Crippen LogP contribution < -0.4 is 5.32 Å². The summed E-state index contributed by atoms with van der Waals surface area (Å²) in [5.41, 5.74) is 2.85. The molecule has 0 heterocycles. The second kappa shape index (κ2) is 6.73. The molecule has 2 aromatic rings. The molecule has 0 aliphatic heterocycles. The molecule has 0 fully saturated rings. The van der Waals surface area contributed by atoms with Gasteiger partial charge in [0.2, 0.25) is 0 Å². The average molecular weight is 294 g/mol. The Morgan fingerprint density at radius 1 is 1.20 bits per heavy atom. The van der Waals surface area contributed by atoms with Crippen molar-refractivity contribution in [3.63, 3.8) is 0 Å². The van der Waals surface area contributed by atoms with Crippen molar-refractivity contribution in [3.8, 4) is 5.75 Å². The summed E-state index contributed by atoms with van der Waals surface area (Å²) >= 11 is 5.84. The third-order valence-corrected chi connectivity index (χ3v) is 3.57. The molecule has 0 saturated carbocycles. The van der Waals surface area contributed by atoms with E-state index in [1.54, 1.807) is 6.07 Å². The van der Waals surface area contributed by atoms with Crippen LogP contribution in [0.1, 0.15) is 16.7 Å². The van der Waals surface area contributed by atoms with Crippen molar-refractivity contribution in [1.82, 2.24) is 5.32 Å². The summed E-state index contributed by atoms with van der Waals surface area (Å²) < 4.78 is 13.0. The van der Waals surface area contributed by atoms with Gasteiger partial charge in [-0.05, 0) is 49.2 Å². The Hall–Kier alpha value is -1.58. The highest BCUT2D eigenvalue weighted by Gasteiger charge is 2.05. The lowest BCUT2D eigenvalue weighted by molar-refractivity contribution is 0.465. The summed E-state index contributed by atoms with van der Waals surface area (Å²) in [5.74, 6) is -0.0808. The van der Waals surface area contributed by atoms with Gasteiger partial charge < -0.3 is 10.4 Å². The van der Waals surface area contributed by atoms with Gasteiger partial charge in [-0.15, -0.1) is 0 Å². The van der Waals surface area contributed by atoms with Crippen LogP contribution in [0.25, 0.3) is 0 Å². The molecule has 2 rings (SSSR count). The fraction of sp³-hybridized carbons (Fsp3) is 0.250. The molecule has 0 saturated heterocycles. The maximum atomic E-state index is 13.0. The lowest BCUT2D eigenvalue weighted by Crippen LogP contribution is -2.17. The highest BCUT2D eigenvalue weighted by molar-refractivity contribution is 6.32. The molecule has 20 heavy (non-hydrogen) atoms. The molecular weight excluding hydrogens is 277 g/mol. The highest BCUT2D eigenvalue weighted by atomic mass is 35.5. The van der Waals surface area contributed by atoms with Crippen molar-refractivity contribution < 1.29 is 9.50 Å². The molecule has 2 nitrogen and oxygen atoms in total. The predicted molar refractivity (Wildman–Crippen MR) is 79.7 cm³/mol. The molecule has 0 aromatic heterocycles. The second-order valence-electron chi connectivity index (χ2n) is 4.75. The minimum Gasteiger partial charge on any atom is -0.506 e. The largest absolute Gasteiger partial charge is 0.506 e. The van der Waals surface area contributed by atoms with Gasteiger partial charge in [-0.25, -0.2) is 4.39 Å². The van der Waals surface area contributed by atoms with Crippen LogP contribution in [0, 0.1) is 12.7 Å². The third-order valence-electron chi connectivity index (χ3n) is 3.26. The molecule has 0 amide bonds. The second-order valence-corrected chi connectivity index (χ2v) is 5.15. The van der Waals surface area contributed by atoms with Crippen LogP contribution in [0.5, 0.6) is 5.75 Å². The smallest absolute Gasteiger partial charge is 0.138 e. The minimum absolute atomic E-state index is 0.125. The fourth-order valence-electron chi connectivity index (χ4n) is 2.09. The first-order valence-corrected chi connectivity index (χ1v) is 6.88. The highest BCUT2D eigenvalue weighted by Crippen LogP contribution is 2.26. The van der Waals surface area contributed by atoms with Crippen LogP contribution in [0.3, 0.4) is 0 Å². The summed E-state index contributed by atoms with van der Waals surface area (Å²) in [5, 5.41) is 13.4. The van der Waals surface area contributed by atoms with Crippen molar-refractivity contribution in [2.24, 2.45) is 0 Å². The van der Waals surface area contributed by atoms with Crippen LogP contribution in [0.15, 0.2) is 36.4 Å². The van der Waals surface area contributed by atoms with Crippen LogP contribution in [0.4, 0.5) is 4.39 Å². The van der Waals surface area contributed by atoms with Gasteiger partial charge >= 0.3 is 0 Å². The van der Waals surface area contributed by atoms with Gasteiger partial charge in [-0.3, -0.25) is 0 Å². The normalized spacial score (nSPS) is 10.8. The van der Waals surface area contributed by atoms with Crippen LogP contribution in [-0.2, 0) is 13.0 Å². The first-order valence-electron chi connectivity index (χ1n) is 6.50. The molecule has 2 N–H and O–H groups in total. The maximum absolute atomic E-state index is 13.0. The van der Waals surface area contributed by atoms with E-state index in [4.69, 9.17) is 11.6 Å². The average Bonchev–Trinajstić information content (AvgIpc) is 2.41. The monoisotopic (exact) mass is 293 g/mol. The van der Waals surface area contributed by atoms with E-state index in [0.29, 0.717) is 11.6 Å². The number of hydrogen-bond acceptors (Lipinski definition) is 2. The molecular formula is C16H17ClFNO. The zero-order valence-corrected chi connectivity index (χ0v) is 12.0. The van der Waals surface area contributed by atoms with E-state index < -0.39 is 0 Å². The number of rotatable bonds is 5. The summed E-state index contributed by atoms with van der Waals surface area (Å²) in [4.78, 5) is 0. The molecule has 0 aliphatic rings. The van der Waals surface area contributed by atoms with E-state index in [0.717, 1.165) is 29.7 Å². The zero-order chi connectivity index (χ0) is 14.5. The van der Waals surface area contributed by atoms with E-state index >= 15 is 0 Å². The lowest BCUT2D eigenvalue weighted by Gasteiger charge is -2.09. The van der Waals surface area contributed by atoms with E-state index in [2.05, 4.69) is 5.32 Å². The number of para-hydroxylation sites is 1. The Balaban J connectivity index is 1.86. The molecule has 4 heteroatoms. The quantitative estimate of drug-likeness (QED) is 0.821. The molecule has 0 bridgehead atoms. The Morgan fingerprint density at radius 3 is 2.75 bits per heavy atom. The molecule has 2 aromatic carbocycles. The first-order chi connectivity index (χ1) is 9.58.